The molecule has 3 aromatic rings. The van der Waals surface area contributed by atoms with Gasteiger partial charge in [-0.3, -0.25) is 14.4 Å². The predicted octanol–water partition coefficient (Wildman–Crippen LogP) is 4.09. The minimum absolute atomic E-state index is 0.0133. The van der Waals surface area contributed by atoms with E-state index >= 15 is 0 Å². The summed E-state index contributed by atoms with van der Waals surface area (Å²) in [7, 11) is 0. The van der Waals surface area contributed by atoms with E-state index in [-0.39, 0.29) is 37.2 Å². The molecule has 1 unspecified atom stereocenters. The lowest BCUT2D eigenvalue weighted by atomic mass is 9.89. The number of benzene rings is 2. The fraction of sp³-hybridized carbons (Fsp3) is 0.387. The Hall–Kier alpha value is -4.16. The van der Waals surface area contributed by atoms with Crippen LogP contribution in [-0.4, -0.2) is 52.4 Å². The molecule has 0 radical (unpaired) electrons. The van der Waals surface area contributed by atoms with Gasteiger partial charge >= 0.3 is 0 Å². The number of hydrogen-bond acceptors (Lipinski definition) is 6. The lowest BCUT2D eigenvalue weighted by Crippen LogP contribution is -2.53. The van der Waals surface area contributed by atoms with Crippen LogP contribution in [0.15, 0.2) is 53.5 Å². The second-order valence-corrected chi connectivity index (χ2v) is 11.2. The second kappa shape index (κ2) is 11.2. The van der Waals surface area contributed by atoms with Gasteiger partial charge in [-0.1, -0.05) is 30.3 Å². The smallest absolute Gasteiger partial charge is 0.274 e. The topological polar surface area (TPSA) is 99.1 Å². The monoisotopic (exact) mass is 597 g/mol. The average molecular weight is 598 g/mol. The third kappa shape index (κ3) is 5.18. The molecule has 2 fully saturated rings. The first-order chi connectivity index (χ1) is 20.6. The maximum absolute atomic E-state index is 14.3. The molecule has 1 N–H and O–H groups in total. The first kappa shape index (κ1) is 28.9. The predicted molar refractivity (Wildman–Crippen MR) is 147 cm³/mol. The molecule has 2 saturated heterocycles. The van der Waals surface area contributed by atoms with Crippen LogP contribution in [0.3, 0.4) is 0 Å². The highest BCUT2D eigenvalue weighted by molar-refractivity contribution is 5.99. The Morgan fingerprint density at radius 2 is 1.84 bits per heavy atom. The van der Waals surface area contributed by atoms with E-state index in [1.54, 1.807) is 40.7 Å². The summed E-state index contributed by atoms with van der Waals surface area (Å²) in [6.45, 7) is 3.49. The molecule has 43 heavy (non-hydrogen) atoms. The van der Waals surface area contributed by atoms with Gasteiger partial charge in [0, 0.05) is 43.0 Å². The number of halogens is 3. The summed E-state index contributed by atoms with van der Waals surface area (Å²) in [5.41, 5.74) is -1.95. The minimum Gasteiger partial charge on any atom is -0.483 e. The third-order valence-electron chi connectivity index (χ3n) is 8.45. The summed E-state index contributed by atoms with van der Waals surface area (Å²) in [6, 6.07) is 9.31. The molecule has 0 aliphatic carbocycles. The summed E-state index contributed by atoms with van der Waals surface area (Å²) >= 11 is 0. The van der Waals surface area contributed by atoms with Gasteiger partial charge in [0.2, 0.25) is 5.43 Å². The van der Waals surface area contributed by atoms with E-state index in [0.29, 0.717) is 25.0 Å². The number of fused-ring (bicyclic) bond motifs is 5. The molecule has 1 spiro atoms. The molecule has 2 bridgehead atoms. The van der Waals surface area contributed by atoms with Crippen molar-refractivity contribution in [2.45, 2.75) is 63.8 Å². The van der Waals surface area contributed by atoms with Gasteiger partial charge in [0.1, 0.15) is 35.2 Å². The second-order valence-electron chi connectivity index (χ2n) is 11.2. The number of rotatable bonds is 6. The van der Waals surface area contributed by atoms with Crippen LogP contribution in [0.4, 0.5) is 13.2 Å². The number of carbonyl (C=O) groups is 2. The van der Waals surface area contributed by atoms with Gasteiger partial charge in [-0.25, -0.2) is 13.2 Å². The molecule has 3 aliphatic rings. The summed E-state index contributed by atoms with van der Waals surface area (Å²) in [5, 5.41) is 2.36. The van der Waals surface area contributed by atoms with Crippen molar-refractivity contribution in [1.29, 1.82) is 0 Å². The highest BCUT2D eigenvalue weighted by Crippen LogP contribution is 2.45. The van der Waals surface area contributed by atoms with E-state index in [9.17, 15) is 27.6 Å². The largest absolute Gasteiger partial charge is 0.483 e. The summed E-state index contributed by atoms with van der Waals surface area (Å²) < 4.78 is 61.6. The van der Waals surface area contributed by atoms with Gasteiger partial charge in [0.25, 0.3) is 11.8 Å². The molecule has 4 atom stereocenters. The Morgan fingerprint density at radius 3 is 2.51 bits per heavy atom. The summed E-state index contributed by atoms with van der Waals surface area (Å²) in [5.74, 6) is -5.15. The fourth-order valence-corrected chi connectivity index (χ4v) is 6.12. The van der Waals surface area contributed by atoms with Crippen LogP contribution < -0.4 is 15.5 Å². The van der Waals surface area contributed by atoms with E-state index in [1.807, 2.05) is 13.0 Å². The molecule has 226 valence electrons. The van der Waals surface area contributed by atoms with Gasteiger partial charge in [-0.05, 0) is 32.3 Å². The SMILES string of the molecule is CC1CC[C@]2(CO[C@@H](C)O2)[C@H]2CN1C(=O)c1c(OCc3ccccc3)c(=O)c(C(=O)NCc3c(F)cc(F)cc3F)cn12. The van der Waals surface area contributed by atoms with E-state index in [2.05, 4.69) is 5.32 Å². The maximum Gasteiger partial charge on any atom is 0.274 e. The highest BCUT2D eigenvalue weighted by atomic mass is 19.1. The van der Waals surface area contributed by atoms with Crippen molar-refractivity contribution < 1.29 is 37.0 Å². The van der Waals surface area contributed by atoms with E-state index in [4.69, 9.17) is 14.2 Å². The minimum atomic E-state index is -1.18. The molecule has 3 aliphatic heterocycles. The number of ether oxygens (including phenoxy) is 3. The van der Waals surface area contributed by atoms with Crippen molar-refractivity contribution in [2.24, 2.45) is 0 Å². The molecule has 1 aromatic heterocycles. The molecule has 2 aromatic carbocycles. The zero-order chi connectivity index (χ0) is 30.5. The Bertz CT molecular complexity index is 1620. The number of aromatic nitrogens is 1. The first-order valence-electron chi connectivity index (χ1n) is 14.1. The number of pyridine rings is 1. The number of nitrogens with one attached hydrogen (secondary N) is 1. The number of amides is 2. The lowest BCUT2D eigenvalue weighted by Gasteiger charge is -2.42. The molecule has 0 saturated carbocycles. The van der Waals surface area contributed by atoms with Gasteiger partial charge in [-0.15, -0.1) is 0 Å². The standard InChI is InChI=1S/C31H30F3N3O6/c1-17-8-9-31(16-42-18(2)43-31)25-14-36(17)30(40)26-28(41-15-19-6-4-3-5-7-19)27(38)22(13-37(25)26)29(39)35-12-21-23(33)10-20(32)11-24(21)34/h3-7,10-11,13,17-18,25H,8-9,12,14-16H2,1-2H3,(H,35,39)/t17?,18-,25-,31+/m1/s1. The highest BCUT2D eigenvalue weighted by Gasteiger charge is 2.54. The lowest BCUT2D eigenvalue weighted by molar-refractivity contribution is -0.0988. The molecule has 9 nitrogen and oxygen atoms in total. The van der Waals surface area contributed by atoms with Crippen LogP contribution in [0.2, 0.25) is 0 Å². The van der Waals surface area contributed by atoms with Crippen LogP contribution >= 0.6 is 0 Å². The van der Waals surface area contributed by atoms with Crippen LogP contribution in [0, 0.1) is 17.5 Å². The summed E-state index contributed by atoms with van der Waals surface area (Å²) in [6.07, 6.45) is 1.96. The number of carbonyl (C=O) groups excluding carboxylic acids is 2. The van der Waals surface area contributed by atoms with Crippen molar-refractivity contribution in [3.05, 3.63) is 98.7 Å². The van der Waals surface area contributed by atoms with Crippen LogP contribution in [0.1, 0.15) is 64.7 Å². The average Bonchev–Trinajstić information content (AvgIpc) is 3.30. The molecular weight excluding hydrogens is 567 g/mol. The normalized spacial score (nSPS) is 24.5. The third-order valence-corrected chi connectivity index (χ3v) is 8.45. The Kier molecular flexibility index (Phi) is 7.51. The molecule has 2 amide bonds. The van der Waals surface area contributed by atoms with E-state index < -0.39 is 70.3 Å². The van der Waals surface area contributed by atoms with Crippen molar-refractivity contribution >= 4 is 11.8 Å². The van der Waals surface area contributed by atoms with Crippen LogP contribution in [0.25, 0.3) is 0 Å². The molecule has 4 heterocycles. The van der Waals surface area contributed by atoms with Crippen molar-refractivity contribution in [1.82, 2.24) is 14.8 Å². The summed E-state index contributed by atoms with van der Waals surface area (Å²) in [4.78, 5) is 42.9. The van der Waals surface area contributed by atoms with E-state index in [0.717, 1.165) is 5.56 Å². The van der Waals surface area contributed by atoms with E-state index in [1.165, 1.54) is 6.20 Å². The Balaban J connectivity index is 1.45. The van der Waals surface area contributed by atoms with Crippen LogP contribution in [-0.2, 0) is 22.6 Å². The van der Waals surface area contributed by atoms with Gasteiger partial charge < -0.3 is 29.0 Å². The quantitative estimate of drug-likeness (QED) is 0.460. The molecular formula is C31H30F3N3O6. The van der Waals surface area contributed by atoms with Crippen molar-refractivity contribution in [3.8, 4) is 5.75 Å². The Labute approximate surface area is 245 Å². The maximum atomic E-state index is 14.3. The fourth-order valence-electron chi connectivity index (χ4n) is 6.12. The van der Waals surface area contributed by atoms with Crippen molar-refractivity contribution in [2.75, 3.05) is 13.2 Å². The zero-order valence-electron chi connectivity index (χ0n) is 23.6. The zero-order valence-corrected chi connectivity index (χ0v) is 23.6. The van der Waals surface area contributed by atoms with Gasteiger partial charge in [0.05, 0.1) is 12.6 Å². The number of nitrogens with zero attached hydrogens (tertiary/aromatic N) is 2. The van der Waals surface area contributed by atoms with Crippen molar-refractivity contribution in [3.63, 3.8) is 0 Å². The molecule has 12 heteroatoms. The first-order valence-corrected chi connectivity index (χ1v) is 14.1. The number of hydrogen-bond donors (Lipinski definition) is 1. The van der Waals surface area contributed by atoms with Gasteiger partial charge in [-0.2, -0.15) is 0 Å². The Morgan fingerprint density at radius 1 is 1.12 bits per heavy atom. The molecule has 6 rings (SSSR count). The van der Waals surface area contributed by atoms with Gasteiger partial charge in [0.15, 0.2) is 17.7 Å². The van der Waals surface area contributed by atoms with Crippen LogP contribution in [0.5, 0.6) is 5.75 Å².